The van der Waals surface area contributed by atoms with E-state index in [0.717, 1.165) is 5.92 Å². The molecule has 0 spiro atoms. The molecule has 1 rings (SSSR count). The van der Waals surface area contributed by atoms with E-state index in [1.165, 1.54) is 19.3 Å². The van der Waals surface area contributed by atoms with Crippen LogP contribution in [0.5, 0.6) is 0 Å². The van der Waals surface area contributed by atoms with Crippen LogP contribution < -0.4 is 5.32 Å². The second kappa shape index (κ2) is 4.29. The topological polar surface area (TPSA) is 29.1 Å². The first-order chi connectivity index (χ1) is 5.74. The summed E-state index contributed by atoms with van der Waals surface area (Å²) in [6.45, 7) is 3.94. The zero-order chi connectivity index (χ0) is 8.97. The molecule has 0 aromatic rings. The summed E-state index contributed by atoms with van der Waals surface area (Å²) in [6.07, 6.45) is 7.22. The van der Waals surface area contributed by atoms with Crippen LogP contribution in [-0.4, -0.2) is 11.9 Å². The van der Waals surface area contributed by atoms with E-state index in [1.54, 1.807) is 12.2 Å². The Morgan fingerprint density at radius 2 is 2.25 bits per heavy atom. The predicted octanol–water partition coefficient (Wildman–Crippen LogP) is 1.87. The van der Waals surface area contributed by atoms with Gasteiger partial charge in [0.2, 0.25) is 5.91 Å². The van der Waals surface area contributed by atoms with Gasteiger partial charge in [-0.2, -0.15) is 0 Å². The van der Waals surface area contributed by atoms with Gasteiger partial charge in [0, 0.05) is 6.04 Å². The van der Waals surface area contributed by atoms with Crippen molar-refractivity contribution in [3.8, 4) is 0 Å². The van der Waals surface area contributed by atoms with Crippen molar-refractivity contribution in [3.05, 3.63) is 12.2 Å². The van der Waals surface area contributed by atoms with E-state index in [2.05, 4.69) is 12.2 Å². The van der Waals surface area contributed by atoms with E-state index in [4.69, 9.17) is 0 Å². The van der Waals surface area contributed by atoms with Crippen LogP contribution in [0.3, 0.4) is 0 Å². The number of amides is 1. The summed E-state index contributed by atoms with van der Waals surface area (Å²) in [5.41, 5.74) is 0. The van der Waals surface area contributed by atoms with Gasteiger partial charge in [0.15, 0.2) is 0 Å². The summed E-state index contributed by atoms with van der Waals surface area (Å²) >= 11 is 0. The lowest BCUT2D eigenvalue weighted by atomic mass is 9.80. The summed E-state index contributed by atoms with van der Waals surface area (Å²) in [6, 6.07) is 0.349. The highest BCUT2D eigenvalue weighted by atomic mass is 16.1. The molecule has 2 nitrogen and oxygen atoms in total. The van der Waals surface area contributed by atoms with Gasteiger partial charge in [-0.1, -0.05) is 12.5 Å². The molecule has 1 N–H and O–H groups in total. The van der Waals surface area contributed by atoms with Crippen LogP contribution in [0.4, 0.5) is 0 Å². The maximum Gasteiger partial charge on any atom is 0.243 e. The minimum Gasteiger partial charge on any atom is -0.350 e. The van der Waals surface area contributed by atoms with E-state index in [0.29, 0.717) is 6.04 Å². The normalized spacial score (nSPS) is 20.5. The molecule has 12 heavy (non-hydrogen) atoms. The van der Waals surface area contributed by atoms with E-state index < -0.39 is 0 Å². The van der Waals surface area contributed by atoms with Gasteiger partial charge in [-0.3, -0.25) is 4.79 Å². The third kappa shape index (κ3) is 2.36. The van der Waals surface area contributed by atoms with Gasteiger partial charge in [-0.15, -0.1) is 0 Å². The van der Waals surface area contributed by atoms with E-state index in [1.807, 2.05) is 6.92 Å². The summed E-state index contributed by atoms with van der Waals surface area (Å²) in [4.78, 5) is 11.1. The number of carbonyl (C=O) groups is 1. The van der Waals surface area contributed by atoms with Gasteiger partial charge in [-0.05, 0) is 38.7 Å². The van der Waals surface area contributed by atoms with Crippen molar-refractivity contribution < 1.29 is 4.79 Å². The number of rotatable bonds is 3. The number of carbonyl (C=O) groups excluding carboxylic acids is 1. The maximum atomic E-state index is 11.1. The molecule has 0 aromatic heterocycles. The predicted molar refractivity (Wildman–Crippen MR) is 49.8 cm³/mol. The Hall–Kier alpha value is -0.790. The van der Waals surface area contributed by atoms with Gasteiger partial charge >= 0.3 is 0 Å². The van der Waals surface area contributed by atoms with Gasteiger partial charge in [0.05, 0.1) is 0 Å². The Kier molecular flexibility index (Phi) is 3.32. The molecule has 0 heterocycles. The maximum absolute atomic E-state index is 11.1. The van der Waals surface area contributed by atoms with Crippen LogP contribution in [0.2, 0.25) is 0 Å². The molecule has 0 unspecified atom stereocenters. The molecule has 68 valence electrons. The Bertz CT molecular complexity index is 182. The van der Waals surface area contributed by atoms with E-state index in [-0.39, 0.29) is 5.91 Å². The molecule has 0 aliphatic heterocycles. The molecule has 0 aromatic carbocycles. The van der Waals surface area contributed by atoms with E-state index >= 15 is 0 Å². The van der Waals surface area contributed by atoms with Crippen LogP contribution in [0.1, 0.15) is 33.1 Å². The molecule has 1 atom stereocenters. The van der Waals surface area contributed by atoms with Crippen molar-refractivity contribution in [2.75, 3.05) is 0 Å². The lowest BCUT2D eigenvalue weighted by molar-refractivity contribution is -0.117. The lowest BCUT2D eigenvalue weighted by Gasteiger charge is -2.31. The zero-order valence-electron chi connectivity index (χ0n) is 7.84. The molecule has 0 radical (unpaired) electrons. The second-order valence-corrected chi connectivity index (χ2v) is 3.49. The van der Waals surface area contributed by atoms with Crippen LogP contribution in [0.15, 0.2) is 12.2 Å². The standard InChI is InChI=1S/C10H17NO/c1-3-5-10(12)11-8(2)9-6-4-7-9/h3,5,8-9H,4,6-7H2,1-2H3,(H,11,12)/b5-3+/t8-/m0/s1. The molecular formula is C10H17NO. The molecule has 1 fully saturated rings. The third-order valence-corrected chi connectivity index (χ3v) is 2.54. The van der Waals surface area contributed by atoms with Crippen molar-refractivity contribution in [2.24, 2.45) is 5.92 Å². The highest BCUT2D eigenvalue weighted by Crippen LogP contribution is 2.29. The van der Waals surface area contributed by atoms with Crippen molar-refractivity contribution in [2.45, 2.75) is 39.2 Å². The molecule has 0 bridgehead atoms. The fourth-order valence-corrected chi connectivity index (χ4v) is 1.48. The second-order valence-electron chi connectivity index (χ2n) is 3.49. The Morgan fingerprint density at radius 1 is 1.58 bits per heavy atom. The van der Waals surface area contributed by atoms with Crippen molar-refractivity contribution in [1.82, 2.24) is 5.32 Å². The van der Waals surface area contributed by atoms with Gasteiger partial charge < -0.3 is 5.32 Å². The van der Waals surface area contributed by atoms with Gasteiger partial charge in [0.1, 0.15) is 0 Å². The summed E-state index contributed by atoms with van der Waals surface area (Å²) in [7, 11) is 0. The summed E-state index contributed by atoms with van der Waals surface area (Å²) < 4.78 is 0. The molecular weight excluding hydrogens is 150 g/mol. The Morgan fingerprint density at radius 3 is 2.67 bits per heavy atom. The summed E-state index contributed by atoms with van der Waals surface area (Å²) in [5, 5.41) is 2.96. The number of allylic oxidation sites excluding steroid dienone is 1. The molecule has 2 heteroatoms. The number of hydrogen-bond acceptors (Lipinski definition) is 1. The molecule has 1 aliphatic rings. The monoisotopic (exact) mass is 167 g/mol. The molecule has 1 aliphatic carbocycles. The minimum absolute atomic E-state index is 0.0388. The largest absolute Gasteiger partial charge is 0.350 e. The first-order valence-corrected chi connectivity index (χ1v) is 4.67. The Labute approximate surface area is 74.0 Å². The highest BCUT2D eigenvalue weighted by molar-refractivity contribution is 5.87. The Balaban J connectivity index is 2.24. The number of nitrogens with one attached hydrogen (secondary N) is 1. The fraction of sp³-hybridized carbons (Fsp3) is 0.700. The van der Waals surface area contributed by atoms with Crippen LogP contribution in [-0.2, 0) is 4.79 Å². The van der Waals surface area contributed by atoms with Crippen molar-refractivity contribution in [3.63, 3.8) is 0 Å². The van der Waals surface area contributed by atoms with Crippen LogP contribution >= 0.6 is 0 Å². The van der Waals surface area contributed by atoms with Crippen molar-refractivity contribution >= 4 is 5.91 Å². The van der Waals surface area contributed by atoms with E-state index in [9.17, 15) is 4.79 Å². The molecule has 1 amide bonds. The first kappa shape index (κ1) is 9.30. The van der Waals surface area contributed by atoms with Gasteiger partial charge in [-0.25, -0.2) is 0 Å². The first-order valence-electron chi connectivity index (χ1n) is 4.67. The molecule has 0 saturated heterocycles. The van der Waals surface area contributed by atoms with Crippen molar-refractivity contribution in [1.29, 1.82) is 0 Å². The van der Waals surface area contributed by atoms with Crippen LogP contribution in [0.25, 0.3) is 0 Å². The lowest BCUT2D eigenvalue weighted by Crippen LogP contribution is -2.39. The molecule has 1 saturated carbocycles. The highest BCUT2D eigenvalue weighted by Gasteiger charge is 2.24. The smallest absolute Gasteiger partial charge is 0.243 e. The minimum atomic E-state index is 0.0388. The van der Waals surface area contributed by atoms with Gasteiger partial charge in [0.25, 0.3) is 0 Å². The number of hydrogen-bond donors (Lipinski definition) is 1. The average Bonchev–Trinajstić information content (AvgIpc) is 1.82. The summed E-state index contributed by atoms with van der Waals surface area (Å²) in [5.74, 6) is 0.760. The third-order valence-electron chi connectivity index (χ3n) is 2.54. The quantitative estimate of drug-likeness (QED) is 0.639. The van der Waals surface area contributed by atoms with Crippen LogP contribution in [0, 0.1) is 5.92 Å². The SMILES string of the molecule is C/C=C/C(=O)N[C@@H](C)C1CCC1. The fourth-order valence-electron chi connectivity index (χ4n) is 1.48. The zero-order valence-corrected chi connectivity index (χ0v) is 7.84. The average molecular weight is 167 g/mol.